The molecule has 3 rings (SSSR count). The average molecular weight is 437 g/mol. The molecule has 0 saturated carbocycles. The third kappa shape index (κ3) is 4.95. The lowest BCUT2D eigenvalue weighted by atomic mass is 10.0. The number of anilines is 1. The highest BCUT2D eigenvalue weighted by Gasteiger charge is 2.23. The molecule has 0 unspecified atom stereocenters. The highest BCUT2D eigenvalue weighted by Crippen LogP contribution is 2.36. The van der Waals surface area contributed by atoms with Gasteiger partial charge in [-0.1, -0.05) is 54.1 Å². The number of hydrogen-bond acceptors (Lipinski definition) is 5. The Morgan fingerprint density at radius 2 is 1.87 bits per heavy atom. The van der Waals surface area contributed by atoms with Gasteiger partial charge in [0.2, 0.25) is 0 Å². The molecule has 1 aromatic heterocycles. The smallest absolute Gasteiger partial charge is 0.341 e. The highest BCUT2D eigenvalue weighted by molar-refractivity contribution is 7.15. The molecular formula is C23H17ClN2O3S. The van der Waals surface area contributed by atoms with E-state index < -0.39 is 11.9 Å². The van der Waals surface area contributed by atoms with Crippen LogP contribution in [0, 0.1) is 11.3 Å². The van der Waals surface area contributed by atoms with Gasteiger partial charge >= 0.3 is 5.97 Å². The standard InChI is InChI=1S/C23H17ClN2O3S/c1-2-29-23(28)20-19(16-6-4-3-5-7-16)14-30-22(20)26-21(27)17(13-25)12-15-8-10-18(24)11-9-15/h3-12,14H,2H2,1H3,(H,26,27)/b17-12+. The lowest BCUT2D eigenvalue weighted by molar-refractivity contribution is -0.112. The van der Waals surface area contributed by atoms with E-state index in [1.165, 1.54) is 17.4 Å². The van der Waals surface area contributed by atoms with E-state index in [1.54, 1.807) is 36.6 Å². The topological polar surface area (TPSA) is 79.2 Å². The fourth-order valence-electron chi connectivity index (χ4n) is 2.73. The summed E-state index contributed by atoms with van der Waals surface area (Å²) in [5.41, 5.74) is 2.32. The predicted molar refractivity (Wildman–Crippen MR) is 119 cm³/mol. The fraction of sp³-hybridized carbons (Fsp3) is 0.0870. The molecule has 0 bridgehead atoms. The van der Waals surface area contributed by atoms with Gasteiger partial charge in [0, 0.05) is 16.0 Å². The van der Waals surface area contributed by atoms with Crippen LogP contribution in [-0.4, -0.2) is 18.5 Å². The van der Waals surface area contributed by atoms with Gasteiger partial charge in [0.05, 0.1) is 6.61 Å². The summed E-state index contributed by atoms with van der Waals surface area (Å²) < 4.78 is 5.19. The number of thiophene rings is 1. The van der Waals surface area contributed by atoms with Gasteiger partial charge in [-0.05, 0) is 36.3 Å². The number of carbonyl (C=O) groups excluding carboxylic acids is 2. The molecule has 0 atom stereocenters. The monoisotopic (exact) mass is 436 g/mol. The minimum Gasteiger partial charge on any atom is -0.462 e. The van der Waals surface area contributed by atoms with Crippen LogP contribution in [0.25, 0.3) is 17.2 Å². The van der Waals surface area contributed by atoms with Crippen LogP contribution in [0.15, 0.2) is 65.6 Å². The van der Waals surface area contributed by atoms with Crippen molar-refractivity contribution in [2.45, 2.75) is 6.92 Å². The SMILES string of the molecule is CCOC(=O)c1c(-c2ccccc2)csc1NC(=O)/C(C#N)=C/c1ccc(Cl)cc1. The number of esters is 1. The number of nitrogens with one attached hydrogen (secondary N) is 1. The fourth-order valence-corrected chi connectivity index (χ4v) is 3.81. The van der Waals surface area contributed by atoms with Crippen molar-refractivity contribution in [2.24, 2.45) is 0 Å². The molecule has 0 saturated heterocycles. The molecule has 0 aliphatic carbocycles. The first kappa shape index (κ1) is 21.3. The summed E-state index contributed by atoms with van der Waals surface area (Å²) in [6.45, 7) is 1.92. The summed E-state index contributed by atoms with van der Waals surface area (Å²) in [5, 5.41) is 14.8. The zero-order valence-electron chi connectivity index (χ0n) is 16.0. The molecule has 1 heterocycles. The Hall–Kier alpha value is -3.40. The second-order valence-electron chi connectivity index (χ2n) is 6.12. The minimum atomic E-state index is -0.612. The number of benzene rings is 2. The Labute approximate surface area is 183 Å². The van der Waals surface area contributed by atoms with Gasteiger partial charge in [-0.3, -0.25) is 4.79 Å². The van der Waals surface area contributed by atoms with Gasteiger partial charge in [-0.2, -0.15) is 5.26 Å². The van der Waals surface area contributed by atoms with Crippen molar-refractivity contribution in [3.63, 3.8) is 0 Å². The number of nitrogens with zero attached hydrogens (tertiary/aromatic N) is 1. The first-order valence-corrected chi connectivity index (χ1v) is 10.3. The molecule has 0 aliphatic heterocycles. The van der Waals surface area contributed by atoms with Gasteiger partial charge in [0.15, 0.2) is 0 Å². The Morgan fingerprint density at radius 3 is 2.50 bits per heavy atom. The van der Waals surface area contributed by atoms with E-state index >= 15 is 0 Å². The van der Waals surface area contributed by atoms with Gasteiger partial charge in [0.1, 0.15) is 22.2 Å². The quantitative estimate of drug-likeness (QED) is 0.301. The number of ether oxygens (including phenoxy) is 1. The molecule has 0 spiro atoms. The second-order valence-corrected chi connectivity index (χ2v) is 7.43. The summed E-state index contributed by atoms with van der Waals surface area (Å²) in [7, 11) is 0. The zero-order valence-corrected chi connectivity index (χ0v) is 17.6. The lowest BCUT2D eigenvalue weighted by Gasteiger charge is -2.08. The van der Waals surface area contributed by atoms with Crippen molar-refractivity contribution in [3.05, 3.63) is 81.7 Å². The maximum absolute atomic E-state index is 12.7. The number of rotatable bonds is 6. The molecule has 0 fully saturated rings. The van der Waals surface area contributed by atoms with Crippen molar-refractivity contribution < 1.29 is 14.3 Å². The van der Waals surface area contributed by atoms with Crippen LogP contribution in [0.1, 0.15) is 22.8 Å². The first-order valence-electron chi connectivity index (χ1n) is 9.06. The van der Waals surface area contributed by atoms with Crippen molar-refractivity contribution >= 4 is 45.9 Å². The van der Waals surface area contributed by atoms with Crippen LogP contribution in [0.2, 0.25) is 5.02 Å². The summed E-state index contributed by atoms with van der Waals surface area (Å²) in [5.74, 6) is -1.15. The van der Waals surface area contributed by atoms with E-state index in [4.69, 9.17) is 16.3 Å². The van der Waals surface area contributed by atoms with Gasteiger partial charge in [0.25, 0.3) is 5.91 Å². The summed E-state index contributed by atoms with van der Waals surface area (Å²) >= 11 is 7.07. The average Bonchev–Trinajstić information content (AvgIpc) is 3.17. The third-order valence-electron chi connectivity index (χ3n) is 4.13. The number of halogens is 1. The second kappa shape index (κ2) is 9.88. The predicted octanol–water partition coefficient (Wildman–Crippen LogP) is 5.79. The summed E-state index contributed by atoms with van der Waals surface area (Å²) in [4.78, 5) is 25.3. The Bertz CT molecular complexity index is 1130. The molecule has 5 nitrogen and oxygen atoms in total. The van der Waals surface area contributed by atoms with E-state index in [1.807, 2.05) is 36.4 Å². The molecule has 1 N–H and O–H groups in total. The molecule has 1 amide bonds. The number of nitriles is 1. The van der Waals surface area contributed by atoms with E-state index in [0.717, 1.165) is 5.56 Å². The van der Waals surface area contributed by atoms with Gasteiger partial charge < -0.3 is 10.1 Å². The van der Waals surface area contributed by atoms with Crippen molar-refractivity contribution in [1.29, 1.82) is 5.26 Å². The molecule has 30 heavy (non-hydrogen) atoms. The van der Waals surface area contributed by atoms with E-state index in [9.17, 15) is 14.9 Å². The van der Waals surface area contributed by atoms with Crippen molar-refractivity contribution in [1.82, 2.24) is 0 Å². The van der Waals surface area contributed by atoms with Crippen molar-refractivity contribution in [2.75, 3.05) is 11.9 Å². The van der Waals surface area contributed by atoms with E-state index in [0.29, 0.717) is 21.2 Å². The van der Waals surface area contributed by atoms with Crippen LogP contribution in [0.4, 0.5) is 5.00 Å². The van der Waals surface area contributed by atoms with Crippen LogP contribution in [0.5, 0.6) is 0 Å². The van der Waals surface area contributed by atoms with Crippen LogP contribution in [-0.2, 0) is 9.53 Å². The van der Waals surface area contributed by atoms with Crippen LogP contribution < -0.4 is 5.32 Å². The van der Waals surface area contributed by atoms with Crippen molar-refractivity contribution in [3.8, 4) is 17.2 Å². The molecule has 150 valence electrons. The van der Waals surface area contributed by atoms with Crippen LogP contribution in [0.3, 0.4) is 0 Å². The molecule has 3 aromatic rings. The van der Waals surface area contributed by atoms with E-state index in [2.05, 4.69) is 5.32 Å². The van der Waals surface area contributed by atoms with Gasteiger partial charge in [-0.15, -0.1) is 11.3 Å². The summed E-state index contributed by atoms with van der Waals surface area (Å²) in [6.07, 6.45) is 1.46. The normalized spacial score (nSPS) is 10.9. The molecule has 0 radical (unpaired) electrons. The molecule has 2 aromatic carbocycles. The highest BCUT2D eigenvalue weighted by atomic mass is 35.5. The first-order chi connectivity index (χ1) is 14.5. The number of amides is 1. The number of carbonyl (C=O) groups is 2. The third-order valence-corrected chi connectivity index (χ3v) is 5.28. The van der Waals surface area contributed by atoms with E-state index in [-0.39, 0.29) is 17.7 Å². The Morgan fingerprint density at radius 1 is 1.17 bits per heavy atom. The molecule has 0 aliphatic rings. The Kier molecular flexibility index (Phi) is 7.02. The molecule has 7 heteroatoms. The summed E-state index contributed by atoms with van der Waals surface area (Å²) in [6, 6.07) is 18.0. The maximum atomic E-state index is 12.7. The maximum Gasteiger partial charge on any atom is 0.341 e. The minimum absolute atomic E-state index is 0.0956. The van der Waals surface area contributed by atoms with Gasteiger partial charge in [-0.25, -0.2) is 4.79 Å². The number of hydrogen-bond donors (Lipinski definition) is 1. The largest absolute Gasteiger partial charge is 0.462 e. The Balaban J connectivity index is 1.94. The lowest BCUT2D eigenvalue weighted by Crippen LogP contribution is -2.16. The molecular weight excluding hydrogens is 420 g/mol. The van der Waals surface area contributed by atoms with Crippen LogP contribution >= 0.6 is 22.9 Å². The zero-order chi connectivity index (χ0) is 21.5.